The van der Waals surface area contributed by atoms with Crippen LogP contribution in [0.1, 0.15) is 43.1 Å². The van der Waals surface area contributed by atoms with E-state index in [1.54, 1.807) is 11.8 Å². The fourth-order valence-electron chi connectivity index (χ4n) is 3.77. The van der Waals surface area contributed by atoms with Crippen LogP contribution in [0.25, 0.3) is 0 Å². The molecule has 2 fully saturated rings. The van der Waals surface area contributed by atoms with E-state index in [1.165, 1.54) is 9.80 Å². The number of carbonyl (C=O) groups excluding carboxylic acids is 3. The monoisotopic (exact) mass is 397 g/mol. The number of benzene rings is 1. The van der Waals surface area contributed by atoms with E-state index in [-0.39, 0.29) is 42.9 Å². The molecule has 6 nitrogen and oxygen atoms in total. The van der Waals surface area contributed by atoms with Crippen molar-refractivity contribution in [2.75, 3.05) is 13.1 Å². The van der Waals surface area contributed by atoms with Gasteiger partial charge in [0.1, 0.15) is 12.2 Å². The first-order valence-corrected chi connectivity index (χ1v) is 9.12. The summed E-state index contributed by atoms with van der Waals surface area (Å²) in [6.07, 6.45) is -5.04. The number of carbonyl (C=O) groups is 3. The fourth-order valence-corrected chi connectivity index (χ4v) is 3.77. The molecule has 2 saturated heterocycles. The van der Waals surface area contributed by atoms with Gasteiger partial charge in [-0.15, -0.1) is 0 Å². The molecule has 28 heavy (non-hydrogen) atoms. The number of hydrogen-bond acceptors (Lipinski definition) is 3. The van der Waals surface area contributed by atoms with Crippen LogP contribution in [0.5, 0.6) is 0 Å². The van der Waals surface area contributed by atoms with Gasteiger partial charge >= 0.3 is 6.18 Å². The van der Waals surface area contributed by atoms with Gasteiger partial charge in [-0.2, -0.15) is 13.2 Å². The maximum absolute atomic E-state index is 13.0. The van der Waals surface area contributed by atoms with Crippen molar-refractivity contribution in [3.8, 4) is 0 Å². The summed E-state index contributed by atoms with van der Waals surface area (Å²) >= 11 is 0. The number of piperazine rings is 1. The number of rotatable bonds is 2. The number of fused-ring (bicyclic) bond motifs is 1. The molecule has 2 heterocycles. The Kier molecular flexibility index (Phi) is 5.12. The van der Waals surface area contributed by atoms with Crippen molar-refractivity contribution in [1.82, 2.24) is 14.7 Å². The SMILES string of the molecule is CC(C)N1CC2N(C(=O)c3ccc(C(F)(F)F)cc3)CCC(=O)N2C(C)C1=O. The first-order chi connectivity index (χ1) is 13.0. The number of hydrogen-bond donors (Lipinski definition) is 0. The average Bonchev–Trinajstić information content (AvgIpc) is 2.63. The molecule has 1 aromatic rings. The molecule has 2 unspecified atom stereocenters. The Hall–Kier alpha value is -2.58. The van der Waals surface area contributed by atoms with Gasteiger partial charge in [0.15, 0.2) is 0 Å². The lowest BCUT2D eigenvalue weighted by Crippen LogP contribution is -2.71. The highest BCUT2D eigenvalue weighted by molar-refractivity contribution is 5.97. The minimum absolute atomic E-state index is 0.0716. The van der Waals surface area contributed by atoms with Crippen LogP contribution < -0.4 is 0 Å². The zero-order valence-corrected chi connectivity index (χ0v) is 15.9. The van der Waals surface area contributed by atoms with Crippen LogP contribution in [0.2, 0.25) is 0 Å². The molecule has 0 aliphatic carbocycles. The second kappa shape index (κ2) is 7.10. The molecule has 0 saturated carbocycles. The van der Waals surface area contributed by atoms with Crippen LogP contribution in [0.3, 0.4) is 0 Å². The van der Waals surface area contributed by atoms with Gasteiger partial charge in [-0.3, -0.25) is 14.4 Å². The van der Waals surface area contributed by atoms with Crippen LogP contribution in [0.15, 0.2) is 24.3 Å². The molecular weight excluding hydrogens is 375 g/mol. The maximum atomic E-state index is 13.0. The van der Waals surface area contributed by atoms with Crippen LogP contribution in [-0.2, 0) is 15.8 Å². The van der Waals surface area contributed by atoms with Gasteiger partial charge < -0.3 is 14.7 Å². The first kappa shape index (κ1) is 20.2. The van der Waals surface area contributed by atoms with Gasteiger partial charge in [0.25, 0.3) is 5.91 Å². The second-order valence-electron chi connectivity index (χ2n) is 7.37. The van der Waals surface area contributed by atoms with Crippen LogP contribution in [0, 0.1) is 0 Å². The highest BCUT2D eigenvalue weighted by Gasteiger charge is 2.47. The molecule has 0 radical (unpaired) electrons. The molecule has 1 aromatic carbocycles. The van der Waals surface area contributed by atoms with Crippen molar-refractivity contribution in [3.05, 3.63) is 35.4 Å². The Bertz CT molecular complexity index is 792. The predicted molar refractivity (Wildman–Crippen MR) is 94.0 cm³/mol. The second-order valence-corrected chi connectivity index (χ2v) is 7.37. The Morgan fingerprint density at radius 2 is 1.75 bits per heavy atom. The topological polar surface area (TPSA) is 60.9 Å². The van der Waals surface area contributed by atoms with Gasteiger partial charge in [0.05, 0.1) is 12.1 Å². The highest BCUT2D eigenvalue weighted by atomic mass is 19.4. The van der Waals surface area contributed by atoms with Crippen molar-refractivity contribution in [1.29, 1.82) is 0 Å². The lowest BCUT2D eigenvalue weighted by atomic mass is 10.0. The smallest absolute Gasteiger partial charge is 0.335 e. The minimum Gasteiger partial charge on any atom is -0.335 e. The molecule has 0 bridgehead atoms. The molecule has 0 spiro atoms. The number of amides is 3. The van der Waals surface area contributed by atoms with E-state index in [1.807, 2.05) is 13.8 Å². The van der Waals surface area contributed by atoms with Gasteiger partial charge in [-0.05, 0) is 45.0 Å². The van der Waals surface area contributed by atoms with Gasteiger partial charge in [0.2, 0.25) is 11.8 Å². The third-order valence-corrected chi connectivity index (χ3v) is 5.30. The van der Waals surface area contributed by atoms with Crippen molar-refractivity contribution in [2.24, 2.45) is 0 Å². The van der Waals surface area contributed by atoms with E-state index >= 15 is 0 Å². The van der Waals surface area contributed by atoms with Gasteiger partial charge in [-0.25, -0.2) is 0 Å². The summed E-state index contributed by atoms with van der Waals surface area (Å²) in [7, 11) is 0. The van der Waals surface area contributed by atoms with Crippen LogP contribution in [0.4, 0.5) is 13.2 Å². The molecule has 3 rings (SSSR count). The van der Waals surface area contributed by atoms with Crippen LogP contribution >= 0.6 is 0 Å². The molecule has 3 amide bonds. The summed E-state index contributed by atoms with van der Waals surface area (Å²) in [5.41, 5.74) is -0.717. The largest absolute Gasteiger partial charge is 0.416 e. The van der Waals surface area contributed by atoms with Gasteiger partial charge in [0, 0.05) is 24.6 Å². The summed E-state index contributed by atoms with van der Waals surface area (Å²) in [5, 5.41) is 0. The van der Waals surface area contributed by atoms with E-state index < -0.39 is 29.9 Å². The van der Waals surface area contributed by atoms with Crippen molar-refractivity contribution in [2.45, 2.75) is 51.6 Å². The summed E-state index contributed by atoms with van der Waals surface area (Å²) in [4.78, 5) is 42.5. The molecule has 2 atom stereocenters. The van der Waals surface area contributed by atoms with E-state index in [2.05, 4.69) is 0 Å². The molecule has 0 aromatic heterocycles. The summed E-state index contributed by atoms with van der Waals surface area (Å²) in [6, 6.07) is 3.22. The molecule has 9 heteroatoms. The zero-order valence-electron chi connectivity index (χ0n) is 15.9. The number of alkyl halides is 3. The fraction of sp³-hybridized carbons (Fsp3) is 0.526. The average molecular weight is 397 g/mol. The molecule has 2 aliphatic rings. The zero-order chi connectivity index (χ0) is 20.8. The maximum Gasteiger partial charge on any atom is 0.416 e. The van der Waals surface area contributed by atoms with E-state index in [4.69, 9.17) is 0 Å². The quantitative estimate of drug-likeness (QED) is 0.770. The minimum atomic E-state index is -4.48. The summed E-state index contributed by atoms with van der Waals surface area (Å²) in [6.45, 7) is 5.68. The molecule has 0 N–H and O–H groups in total. The van der Waals surface area contributed by atoms with E-state index in [0.717, 1.165) is 24.3 Å². The Labute approximate surface area is 160 Å². The highest BCUT2D eigenvalue weighted by Crippen LogP contribution is 2.31. The first-order valence-electron chi connectivity index (χ1n) is 9.12. The Morgan fingerprint density at radius 1 is 1.14 bits per heavy atom. The van der Waals surface area contributed by atoms with Crippen molar-refractivity contribution < 1.29 is 27.6 Å². The lowest BCUT2D eigenvalue weighted by molar-refractivity contribution is -0.167. The molecular formula is C19H22F3N3O3. The van der Waals surface area contributed by atoms with E-state index in [9.17, 15) is 27.6 Å². The van der Waals surface area contributed by atoms with Crippen molar-refractivity contribution >= 4 is 17.7 Å². The molecule has 152 valence electrons. The van der Waals surface area contributed by atoms with Gasteiger partial charge in [-0.1, -0.05) is 0 Å². The summed E-state index contributed by atoms with van der Waals surface area (Å²) < 4.78 is 38.3. The number of halogens is 3. The van der Waals surface area contributed by atoms with E-state index in [0.29, 0.717) is 0 Å². The Morgan fingerprint density at radius 3 is 2.29 bits per heavy atom. The standard InChI is InChI=1S/C19H22F3N3O3/c1-11(2)24-10-15-23(9-8-16(26)25(15)12(3)17(24)27)18(28)13-4-6-14(7-5-13)19(20,21)22/h4-7,11-12,15H,8-10H2,1-3H3. The summed E-state index contributed by atoms with van der Waals surface area (Å²) in [5.74, 6) is -0.837. The normalized spacial score (nSPS) is 23.3. The third-order valence-electron chi connectivity index (χ3n) is 5.30. The Balaban J connectivity index is 1.89. The third kappa shape index (κ3) is 3.45. The lowest BCUT2D eigenvalue weighted by Gasteiger charge is -2.52. The van der Waals surface area contributed by atoms with Crippen LogP contribution in [-0.4, -0.2) is 63.8 Å². The number of nitrogens with zero attached hydrogens (tertiary/aromatic N) is 3. The molecule has 2 aliphatic heterocycles. The van der Waals surface area contributed by atoms with Crippen molar-refractivity contribution in [3.63, 3.8) is 0 Å². The predicted octanol–water partition coefficient (Wildman–Crippen LogP) is 2.35.